The van der Waals surface area contributed by atoms with Crippen LogP contribution in [-0.4, -0.2) is 24.1 Å². The third-order valence-electron chi connectivity index (χ3n) is 4.02. The number of hydrogen-bond acceptors (Lipinski definition) is 4. The Kier molecular flexibility index (Phi) is 4.06. The minimum absolute atomic E-state index is 0.254. The smallest absolute Gasteiger partial charge is 0.147 e. The third kappa shape index (κ3) is 2.87. The van der Waals surface area contributed by atoms with E-state index in [1.165, 1.54) is 0 Å². The maximum absolute atomic E-state index is 9.32. The Balaban J connectivity index is 2.22. The van der Waals surface area contributed by atoms with Crippen molar-refractivity contribution >= 4 is 5.82 Å². The topological polar surface area (TPSA) is 65.9 Å². The van der Waals surface area contributed by atoms with Gasteiger partial charge in [0.2, 0.25) is 0 Å². The summed E-state index contributed by atoms with van der Waals surface area (Å²) < 4.78 is 0. The monoisotopic (exact) mass is 258 g/mol. The van der Waals surface area contributed by atoms with Gasteiger partial charge in [-0.1, -0.05) is 0 Å². The number of nitrogens with two attached hydrogens (primary N) is 1. The minimum atomic E-state index is 0.254. The number of aromatic nitrogens is 1. The van der Waals surface area contributed by atoms with Gasteiger partial charge in [0.05, 0.1) is 5.56 Å². The van der Waals surface area contributed by atoms with Crippen molar-refractivity contribution in [2.45, 2.75) is 39.7 Å². The first-order chi connectivity index (χ1) is 9.02. The molecule has 0 aliphatic carbocycles. The van der Waals surface area contributed by atoms with Crippen LogP contribution in [0.2, 0.25) is 0 Å². The van der Waals surface area contributed by atoms with E-state index in [2.05, 4.69) is 22.9 Å². The summed E-state index contributed by atoms with van der Waals surface area (Å²) in [6.07, 6.45) is 2.16. The van der Waals surface area contributed by atoms with Crippen LogP contribution in [0.25, 0.3) is 0 Å². The molecule has 1 unspecified atom stereocenters. The summed E-state index contributed by atoms with van der Waals surface area (Å²) >= 11 is 0. The van der Waals surface area contributed by atoms with Crippen molar-refractivity contribution in [3.05, 3.63) is 22.9 Å². The normalized spacial score (nSPS) is 18.2. The lowest BCUT2D eigenvalue weighted by Gasteiger charge is -2.35. The molecule has 0 spiro atoms. The number of piperidine rings is 1. The van der Waals surface area contributed by atoms with Crippen LogP contribution in [0.1, 0.15) is 36.6 Å². The van der Waals surface area contributed by atoms with Gasteiger partial charge < -0.3 is 10.6 Å². The van der Waals surface area contributed by atoms with Crippen LogP contribution in [0, 0.1) is 31.1 Å². The summed E-state index contributed by atoms with van der Waals surface area (Å²) in [4.78, 5) is 6.80. The molecular weight excluding hydrogens is 236 g/mol. The molecule has 102 valence electrons. The maximum Gasteiger partial charge on any atom is 0.147 e. The van der Waals surface area contributed by atoms with Gasteiger partial charge in [0.15, 0.2) is 0 Å². The Morgan fingerprint density at radius 3 is 2.58 bits per heavy atom. The Morgan fingerprint density at radius 2 is 2.05 bits per heavy atom. The summed E-state index contributed by atoms with van der Waals surface area (Å²) in [7, 11) is 0. The fraction of sp³-hybridized carbons (Fsp3) is 0.600. The lowest BCUT2D eigenvalue weighted by Crippen LogP contribution is -2.40. The van der Waals surface area contributed by atoms with Crippen LogP contribution in [0.3, 0.4) is 0 Å². The molecule has 2 rings (SSSR count). The molecule has 0 radical (unpaired) electrons. The fourth-order valence-electron chi connectivity index (χ4n) is 2.82. The quantitative estimate of drug-likeness (QED) is 0.882. The molecule has 1 fully saturated rings. The van der Waals surface area contributed by atoms with Crippen LogP contribution in [-0.2, 0) is 0 Å². The number of rotatable bonds is 2. The third-order valence-corrected chi connectivity index (χ3v) is 4.02. The van der Waals surface area contributed by atoms with E-state index in [0.717, 1.165) is 43.0 Å². The van der Waals surface area contributed by atoms with Gasteiger partial charge in [-0.25, -0.2) is 4.98 Å². The van der Waals surface area contributed by atoms with Crippen molar-refractivity contribution in [2.75, 3.05) is 18.0 Å². The van der Waals surface area contributed by atoms with Gasteiger partial charge in [-0.3, -0.25) is 0 Å². The van der Waals surface area contributed by atoms with Crippen molar-refractivity contribution in [1.82, 2.24) is 4.98 Å². The number of nitriles is 1. The molecular formula is C15H22N4. The molecule has 2 heterocycles. The Morgan fingerprint density at radius 1 is 1.42 bits per heavy atom. The van der Waals surface area contributed by atoms with Crippen LogP contribution in [0.15, 0.2) is 6.07 Å². The van der Waals surface area contributed by atoms with Gasteiger partial charge >= 0.3 is 0 Å². The zero-order valence-electron chi connectivity index (χ0n) is 12.0. The number of anilines is 1. The molecule has 4 nitrogen and oxygen atoms in total. The number of pyridine rings is 1. The average Bonchev–Trinajstić information content (AvgIpc) is 2.38. The van der Waals surface area contributed by atoms with E-state index in [-0.39, 0.29) is 6.04 Å². The molecule has 1 aliphatic rings. The molecule has 19 heavy (non-hydrogen) atoms. The van der Waals surface area contributed by atoms with E-state index in [1.54, 1.807) is 0 Å². The minimum Gasteiger partial charge on any atom is -0.355 e. The largest absolute Gasteiger partial charge is 0.355 e. The molecule has 4 heteroatoms. The molecule has 2 N–H and O–H groups in total. The summed E-state index contributed by atoms with van der Waals surface area (Å²) in [6, 6.07) is 4.52. The van der Waals surface area contributed by atoms with E-state index < -0.39 is 0 Å². The van der Waals surface area contributed by atoms with E-state index in [0.29, 0.717) is 11.5 Å². The van der Waals surface area contributed by atoms with E-state index >= 15 is 0 Å². The van der Waals surface area contributed by atoms with E-state index in [1.807, 2.05) is 19.9 Å². The molecule has 0 amide bonds. The van der Waals surface area contributed by atoms with Gasteiger partial charge in [0, 0.05) is 24.8 Å². The lowest BCUT2D eigenvalue weighted by atomic mass is 9.90. The zero-order valence-corrected chi connectivity index (χ0v) is 12.0. The molecule has 0 bridgehead atoms. The second-order valence-corrected chi connectivity index (χ2v) is 5.57. The number of hydrogen-bond donors (Lipinski definition) is 1. The first-order valence-electron chi connectivity index (χ1n) is 6.91. The highest BCUT2D eigenvalue weighted by Crippen LogP contribution is 2.27. The highest BCUT2D eigenvalue weighted by atomic mass is 15.2. The Hall–Kier alpha value is -1.60. The standard InChI is InChI=1S/C15H22N4/c1-10-8-11(2)18-15(14(10)9-16)19-6-4-13(5-7-19)12(3)17/h8,12-13H,4-7,17H2,1-3H3. The molecule has 1 aliphatic heterocycles. The second-order valence-electron chi connectivity index (χ2n) is 5.57. The van der Waals surface area contributed by atoms with Gasteiger partial charge in [0.1, 0.15) is 11.9 Å². The van der Waals surface area contributed by atoms with Crippen molar-refractivity contribution in [1.29, 1.82) is 5.26 Å². The number of aryl methyl sites for hydroxylation is 2. The lowest BCUT2D eigenvalue weighted by molar-refractivity contribution is 0.353. The fourth-order valence-corrected chi connectivity index (χ4v) is 2.82. The first-order valence-corrected chi connectivity index (χ1v) is 6.91. The van der Waals surface area contributed by atoms with Crippen molar-refractivity contribution in [2.24, 2.45) is 11.7 Å². The summed E-state index contributed by atoms with van der Waals surface area (Å²) in [6.45, 7) is 7.92. The predicted octanol–water partition coefficient (Wildman–Crippen LogP) is 2.13. The van der Waals surface area contributed by atoms with Crippen molar-refractivity contribution in [3.8, 4) is 6.07 Å². The summed E-state index contributed by atoms with van der Waals surface area (Å²) in [5, 5.41) is 9.32. The molecule has 0 aromatic carbocycles. The van der Waals surface area contributed by atoms with E-state index in [4.69, 9.17) is 5.73 Å². The maximum atomic E-state index is 9.32. The second kappa shape index (κ2) is 5.58. The highest BCUT2D eigenvalue weighted by Gasteiger charge is 2.24. The molecule has 1 atom stereocenters. The first kappa shape index (κ1) is 13.8. The van der Waals surface area contributed by atoms with Crippen molar-refractivity contribution in [3.63, 3.8) is 0 Å². The van der Waals surface area contributed by atoms with Gasteiger partial charge in [0.25, 0.3) is 0 Å². The van der Waals surface area contributed by atoms with Crippen LogP contribution >= 0.6 is 0 Å². The Bertz CT molecular complexity index is 494. The zero-order chi connectivity index (χ0) is 14.0. The van der Waals surface area contributed by atoms with Crippen LogP contribution in [0.5, 0.6) is 0 Å². The summed E-state index contributed by atoms with van der Waals surface area (Å²) in [5.41, 5.74) is 8.67. The van der Waals surface area contributed by atoms with Gasteiger partial charge in [-0.15, -0.1) is 0 Å². The molecule has 1 aromatic heterocycles. The summed E-state index contributed by atoms with van der Waals surface area (Å²) in [5.74, 6) is 1.44. The molecule has 1 aromatic rings. The average molecular weight is 258 g/mol. The molecule has 1 saturated heterocycles. The Labute approximate surface area is 115 Å². The highest BCUT2D eigenvalue weighted by molar-refractivity contribution is 5.58. The van der Waals surface area contributed by atoms with Crippen LogP contribution in [0.4, 0.5) is 5.82 Å². The number of nitrogens with zero attached hydrogens (tertiary/aromatic N) is 3. The van der Waals surface area contributed by atoms with Gasteiger partial charge in [-0.05, 0) is 51.2 Å². The van der Waals surface area contributed by atoms with Crippen molar-refractivity contribution < 1.29 is 0 Å². The van der Waals surface area contributed by atoms with E-state index in [9.17, 15) is 5.26 Å². The predicted molar refractivity (Wildman–Crippen MR) is 77.0 cm³/mol. The van der Waals surface area contributed by atoms with Crippen LogP contribution < -0.4 is 10.6 Å². The molecule has 0 saturated carbocycles. The van der Waals surface area contributed by atoms with Gasteiger partial charge in [-0.2, -0.15) is 5.26 Å². The SMILES string of the molecule is Cc1cc(C)c(C#N)c(N2CCC(C(C)N)CC2)n1.